The van der Waals surface area contributed by atoms with Gasteiger partial charge in [-0.15, -0.1) is 0 Å². The summed E-state index contributed by atoms with van der Waals surface area (Å²) < 4.78 is 9.87. The molecule has 0 aliphatic rings. The van der Waals surface area contributed by atoms with E-state index >= 15 is 0 Å². The average molecular weight is 242 g/mol. The van der Waals surface area contributed by atoms with Crippen molar-refractivity contribution in [3.05, 3.63) is 35.4 Å². The van der Waals surface area contributed by atoms with Crippen LogP contribution in [0.5, 0.6) is 5.75 Å². The molecule has 0 unspecified atom stereocenters. The Morgan fingerprint density at radius 2 is 2.25 bits per heavy atom. The third kappa shape index (κ3) is 3.74. The smallest absolute Gasteiger partial charge is 0.309 e. The molecule has 0 bridgehead atoms. The number of rotatable bonds is 5. The highest BCUT2D eigenvalue weighted by Crippen LogP contribution is 2.26. The molecule has 87 valence electrons. The van der Waals surface area contributed by atoms with Crippen LogP contribution in [0.3, 0.4) is 0 Å². The lowest BCUT2D eigenvalue weighted by molar-refractivity contribution is -0.139. The van der Waals surface area contributed by atoms with Crippen molar-refractivity contribution < 1.29 is 14.3 Å². The zero-order valence-corrected chi connectivity index (χ0v) is 10.1. The Balaban J connectivity index is 2.70. The van der Waals surface area contributed by atoms with E-state index in [0.717, 1.165) is 12.0 Å². The summed E-state index contributed by atoms with van der Waals surface area (Å²) in [4.78, 5) is 11.0. The third-order valence-electron chi connectivity index (χ3n) is 1.95. The minimum atomic E-state index is -0.287. The quantitative estimate of drug-likeness (QED) is 0.744. The summed E-state index contributed by atoms with van der Waals surface area (Å²) in [5, 5.41) is 0.492. The maximum atomic E-state index is 11.0. The van der Waals surface area contributed by atoms with Crippen molar-refractivity contribution >= 4 is 17.6 Å². The van der Waals surface area contributed by atoms with Gasteiger partial charge in [-0.3, -0.25) is 4.79 Å². The predicted molar refractivity (Wildman–Crippen MR) is 62.4 cm³/mol. The minimum absolute atomic E-state index is 0.216. The second-order valence-corrected chi connectivity index (χ2v) is 3.62. The van der Waals surface area contributed by atoms with Gasteiger partial charge in [0.1, 0.15) is 12.4 Å². The molecular weight excluding hydrogens is 228 g/mol. The van der Waals surface area contributed by atoms with E-state index in [1.807, 2.05) is 6.92 Å². The Morgan fingerprint density at radius 1 is 1.50 bits per heavy atom. The Kier molecular flexibility index (Phi) is 5.12. The molecule has 1 radical (unpaired) electrons. The van der Waals surface area contributed by atoms with Gasteiger partial charge in [0.05, 0.1) is 18.6 Å². The van der Waals surface area contributed by atoms with Crippen molar-refractivity contribution in [1.82, 2.24) is 0 Å². The maximum absolute atomic E-state index is 11.0. The van der Waals surface area contributed by atoms with Crippen LogP contribution in [0.25, 0.3) is 0 Å². The zero-order valence-electron chi connectivity index (χ0n) is 9.33. The number of carbonyl (C=O) groups is 1. The van der Waals surface area contributed by atoms with Gasteiger partial charge < -0.3 is 9.47 Å². The minimum Gasteiger partial charge on any atom is -0.485 e. The molecule has 0 saturated heterocycles. The standard InChI is InChI=1S/C12H14ClO3/c1-3-6-16-11-5-4-9(7-10(11)13)8-12(14)15-2/h4-7H,3,8H2,1-2H3. The van der Waals surface area contributed by atoms with Gasteiger partial charge in [-0.2, -0.15) is 0 Å². The van der Waals surface area contributed by atoms with E-state index in [0.29, 0.717) is 10.8 Å². The molecular formula is C12H14ClO3. The summed E-state index contributed by atoms with van der Waals surface area (Å²) in [6.45, 7) is 3.64. The summed E-state index contributed by atoms with van der Waals surface area (Å²) in [5.74, 6) is 0.307. The number of ether oxygens (including phenoxy) is 2. The van der Waals surface area contributed by atoms with Crippen molar-refractivity contribution in [2.24, 2.45) is 0 Å². The second-order valence-electron chi connectivity index (χ2n) is 3.21. The van der Waals surface area contributed by atoms with Crippen LogP contribution in [-0.2, 0) is 16.0 Å². The molecule has 0 aromatic heterocycles. The lowest BCUT2D eigenvalue weighted by Gasteiger charge is -2.07. The number of hydrogen-bond acceptors (Lipinski definition) is 3. The van der Waals surface area contributed by atoms with Crippen LogP contribution in [0.2, 0.25) is 5.02 Å². The van der Waals surface area contributed by atoms with Crippen molar-refractivity contribution in [2.75, 3.05) is 7.11 Å². The lowest BCUT2D eigenvalue weighted by Crippen LogP contribution is -2.04. The van der Waals surface area contributed by atoms with Gasteiger partial charge in [0.15, 0.2) is 0 Å². The fraction of sp³-hybridized carbons (Fsp3) is 0.333. The molecule has 0 spiro atoms. The van der Waals surface area contributed by atoms with Crippen molar-refractivity contribution in [3.63, 3.8) is 0 Å². The van der Waals surface area contributed by atoms with Crippen LogP contribution in [0, 0.1) is 6.61 Å². The lowest BCUT2D eigenvalue weighted by atomic mass is 10.1. The van der Waals surface area contributed by atoms with Gasteiger partial charge in [-0.1, -0.05) is 24.6 Å². The molecule has 0 amide bonds. The molecule has 0 N–H and O–H groups in total. The molecule has 1 rings (SSSR count). The first-order valence-corrected chi connectivity index (χ1v) is 5.38. The van der Waals surface area contributed by atoms with E-state index in [4.69, 9.17) is 16.3 Å². The SMILES string of the molecule is CC[CH]Oc1ccc(CC(=O)OC)cc1Cl. The maximum Gasteiger partial charge on any atom is 0.309 e. The van der Waals surface area contributed by atoms with E-state index in [1.54, 1.807) is 24.8 Å². The van der Waals surface area contributed by atoms with E-state index in [-0.39, 0.29) is 12.4 Å². The number of halogens is 1. The molecule has 3 nitrogen and oxygen atoms in total. The first-order valence-electron chi connectivity index (χ1n) is 5.01. The first-order chi connectivity index (χ1) is 7.67. The Labute approximate surface area is 100 Å². The van der Waals surface area contributed by atoms with Gasteiger partial charge in [0.25, 0.3) is 0 Å². The largest absolute Gasteiger partial charge is 0.485 e. The van der Waals surface area contributed by atoms with Crippen molar-refractivity contribution in [2.45, 2.75) is 19.8 Å². The summed E-state index contributed by atoms with van der Waals surface area (Å²) in [6, 6.07) is 5.24. The molecule has 0 saturated carbocycles. The molecule has 0 aliphatic carbocycles. The highest BCUT2D eigenvalue weighted by Gasteiger charge is 2.06. The Hall–Kier alpha value is -1.22. The van der Waals surface area contributed by atoms with E-state index in [2.05, 4.69) is 4.74 Å². The zero-order chi connectivity index (χ0) is 12.0. The van der Waals surface area contributed by atoms with Crippen LogP contribution < -0.4 is 4.74 Å². The van der Waals surface area contributed by atoms with Gasteiger partial charge in [0, 0.05) is 0 Å². The number of hydrogen-bond donors (Lipinski definition) is 0. The van der Waals surface area contributed by atoms with Crippen molar-refractivity contribution in [3.8, 4) is 5.75 Å². The average Bonchev–Trinajstić information content (AvgIpc) is 2.28. The summed E-state index contributed by atoms with van der Waals surface area (Å²) in [6.07, 6.45) is 1.02. The van der Waals surface area contributed by atoms with E-state index in [9.17, 15) is 4.79 Å². The van der Waals surface area contributed by atoms with E-state index < -0.39 is 0 Å². The topological polar surface area (TPSA) is 35.5 Å². The van der Waals surface area contributed by atoms with Crippen LogP contribution in [0.15, 0.2) is 18.2 Å². The summed E-state index contributed by atoms with van der Waals surface area (Å²) >= 11 is 5.99. The molecule has 1 aromatic rings. The molecule has 0 heterocycles. The highest BCUT2D eigenvalue weighted by molar-refractivity contribution is 6.32. The normalized spacial score (nSPS) is 9.94. The highest BCUT2D eigenvalue weighted by atomic mass is 35.5. The molecule has 0 atom stereocenters. The Bertz CT molecular complexity index is 363. The van der Waals surface area contributed by atoms with Crippen LogP contribution in [-0.4, -0.2) is 13.1 Å². The number of esters is 1. The van der Waals surface area contributed by atoms with E-state index in [1.165, 1.54) is 7.11 Å². The number of benzene rings is 1. The fourth-order valence-corrected chi connectivity index (χ4v) is 1.41. The fourth-order valence-electron chi connectivity index (χ4n) is 1.16. The summed E-state index contributed by atoms with van der Waals surface area (Å²) in [5.41, 5.74) is 0.806. The predicted octanol–water partition coefficient (Wildman–Crippen LogP) is 3.01. The van der Waals surface area contributed by atoms with Gasteiger partial charge in [0.2, 0.25) is 0 Å². The van der Waals surface area contributed by atoms with Crippen molar-refractivity contribution in [1.29, 1.82) is 0 Å². The van der Waals surface area contributed by atoms with Gasteiger partial charge >= 0.3 is 5.97 Å². The number of carbonyl (C=O) groups excluding carboxylic acids is 1. The molecule has 0 fully saturated rings. The third-order valence-corrected chi connectivity index (χ3v) is 2.24. The van der Waals surface area contributed by atoms with Gasteiger partial charge in [-0.05, 0) is 24.1 Å². The second kappa shape index (κ2) is 6.38. The molecule has 1 aromatic carbocycles. The van der Waals surface area contributed by atoms with Crippen LogP contribution in [0.1, 0.15) is 18.9 Å². The monoisotopic (exact) mass is 241 g/mol. The molecule has 16 heavy (non-hydrogen) atoms. The molecule has 0 aliphatic heterocycles. The first kappa shape index (κ1) is 12.8. The molecule has 4 heteroatoms. The number of methoxy groups -OCH3 is 1. The van der Waals surface area contributed by atoms with Crippen LogP contribution >= 0.6 is 11.6 Å². The summed E-state index contributed by atoms with van der Waals surface area (Å²) in [7, 11) is 1.36. The Morgan fingerprint density at radius 3 is 2.81 bits per heavy atom. The van der Waals surface area contributed by atoms with Crippen LogP contribution in [0.4, 0.5) is 0 Å². The van der Waals surface area contributed by atoms with Gasteiger partial charge in [-0.25, -0.2) is 0 Å².